The topological polar surface area (TPSA) is 49.6 Å². The molecule has 0 spiro atoms. The van der Waals surface area contributed by atoms with Gasteiger partial charge in [0.15, 0.2) is 0 Å². The predicted octanol–water partition coefficient (Wildman–Crippen LogP) is 0.666. The Morgan fingerprint density at radius 2 is 2.00 bits per heavy atom. The quantitative estimate of drug-likeness (QED) is 0.768. The fraction of sp³-hybridized carbons (Fsp3) is 0.917. The lowest BCUT2D eigenvalue weighted by Gasteiger charge is -2.28. The normalized spacial score (nSPS) is 21.9. The summed E-state index contributed by atoms with van der Waals surface area (Å²) in [4.78, 5) is 16.3. The summed E-state index contributed by atoms with van der Waals surface area (Å²) < 4.78 is 0. The minimum absolute atomic E-state index is 0.0714. The van der Waals surface area contributed by atoms with Crippen LogP contribution in [0, 0.1) is 0 Å². The van der Waals surface area contributed by atoms with E-state index in [-0.39, 0.29) is 5.91 Å². The second kappa shape index (κ2) is 5.15. The Hall–Kier alpha value is -0.610. The van der Waals surface area contributed by atoms with Crippen LogP contribution >= 0.6 is 0 Å². The molecule has 94 valence electrons. The number of hydrogen-bond donors (Lipinski definition) is 1. The molecule has 1 fully saturated rings. The van der Waals surface area contributed by atoms with Crippen molar-refractivity contribution in [2.24, 2.45) is 5.73 Å². The van der Waals surface area contributed by atoms with Crippen LogP contribution in [0.2, 0.25) is 0 Å². The molecule has 0 aliphatic carbocycles. The Morgan fingerprint density at radius 3 is 2.44 bits per heavy atom. The molecular formula is C12H25N3O. The number of hydrogen-bond acceptors (Lipinski definition) is 3. The van der Waals surface area contributed by atoms with E-state index in [4.69, 9.17) is 5.73 Å². The maximum atomic E-state index is 12.0. The van der Waals surface area contributed by atoms with E-state index in [2.05, 4.69) is 18.7 Å². The monoisotopic (exact) mass is 227 g/mol. The Labute approximate surface area is 98.8 Å². The summed E-state index contributed by atoms with van der Waals surface area (Å²) in [6.07, 6.45) is 1.07. The SMILES string of the molecule is CCN(CC)C1CCN(C(=O)C(C)(C)N)C1. The van der Waals surface area contributed by atoms with Crippen LogP contribution in [-0.2, 0) is 4.79 Å². The Balaban J connectivity index is 2.56. The largest absolute Gasteiger partial charge is 0.339 e. The lowest BCUT2D eigenvalue weighted by atomic mass is 10.1. The van der Waals surface area contributed by atoms with E-state index in [0.717, 1.165) is 32.6 Å². The zero-order chi connectivity index (χ0) is 12.3. The summed E-state index contributed by atoms with van der Waals surface area (Å²) in [7, 11) is 0. The van der Waals surface area contributed by atoms with Gasteiger partial charge >= 0.3 is 0 Å². The van der Waals surface area contributed by atoms with E-state index in [9.17, 15) is 4.79 Å². The van der Waals surface area contributed by atoms with E-state index in [0.29, 0.717) is 6.04 Å². The fourth-order valence-electron chi connectivity index (χ4n) is 2.37. The van der Waals surface area contributed by atoms with Crippen LogP contribution in [0.25, 0.3) is 0 Å². The molecule has 4 heteroatoms. The predicted molar refractivity (Wildman–Crippen MR) is 66.2 cm³/mol. The smallest absolute Gasteiger partial charge is 0.242 e. The van der Waals surface area contributed by atoms with Gasteiger partial charge in [0.25, 0.3) is 0 Å². The maximum Gasteiger partial charge on any atom is 0.242 e. The highest BCUT2D eigenvalue weighted by Crippen LogP contribution is 2.18. The van der Waals surface area contributed by atoms with Crippen molar-refractivity contribution in [3.05, 3.63) is 0 Å². The number of carbonyl (C=O) groups is 1. The molecule has 1 amide bonds. The van der Waals surface area contributed by atoms with Gasteiger partial charge in [0.05, 0.1) is 5.54 Å². The van der Waals surface area contributed by atoms with Crippen molar-refractivity contribution < 1.29 is 4.79 Å². The standard InChI is InChI=1S/C12H25N3O/c1-5-14(6-2)10-7-8-15(9-10)11(16)12(3,4)13/h10H,5-9,13H2,1-4H3. The second-order valence-corrected chi connectivity index (χ2v) is 5.14. The van der Waals surface area contributed by atoms with Crippen LogP contribution in [0.1, 0.15) is 34.1 Å². The van der Waals surface area contributed by atoms with Crippen molar-refractivity contribution in [2.75, 3.05) is 26.2 Å². The van der Waals surface area contributed by atoms with Crippen LogP contribution in [-0.4, -0.2) is 53.5 Å². The molecule has 16 heavy (non-hydrogen) atoms. The van der Waals surface area contributed by atoms with Crippen LogP contribution < -0.4 is 5.73 Å². The van der Waals surface area contributed by atoms with Crippen molar-refractivity contribution in [1.29, 1.82) is 0 Å². The van der Waals surface area contributed by atoms with Gasteiger partial charge < -0.3 is 10.6 Å². The van der Waals surface area contributed by atoms with Gasteiger partial charge in [-0.05, 0) is 33.4 Å². The second-order valence-electron chi connectivity index (χ2n) is 5.14. The maximum absolute atomic E-state index is 12.0. The molecule has 1 atom stereocenters. The third-order valence-electron chi connectivity index (χ3n) is 3.33. The first kappa shape index (κ1) is 13.5. The summed E-state index contributed by atoms with van der Waals surface area (Å²) in [5.41, 5.74) is 5.10. The van der Waals surface area contributed by atoms with Gasteiger partial charge in [-0.15, -0.1) is 0 Å². The van der Waals surface area contributed by atoms with Crippen molar-refractivity contribution in [2.45, 2.75) is 45.7 Å². The van der Waals surface area contributed by atoms with E-state index < -0.39 is 5.54 Å². The van der Waals surface area contributed by atoms with Crippen LogP contribution in [0.15, 0.2) is 0 Å². The summed E-state index contributed by atoms with van der Waals surface area (Å²) in [6.45, 7) is 11.7. The molecule has 1 rings (SSSR count). The molecule has 0 bridgehead atoms. The number of carbonyl (C=O) groups excluding carboxylic acids is 1. The van der Waals surface area contributed by atoms with Gasteiger partial charge in [-0.2, -0.15) is 0 Å². The average Bonchev–Trinajstić information content (AvgIpc) is 2.66. The molecule has 4 nitrogen and oxygen atoms in total. The lowest BCUT2D eigenvalue weighted by molar-refractivity contribution is -0.134. The van der Waals surface area contributed by atoms with Crippen molar-refractivity contribution in [3.8, 4) is 0 Å². The van der Waals surface area contributed by atoms with Crippen LogP contribution in [0.4, 0.5) is 0 Å². The van der Waals surface area contributed by atoms with Gasteiger partial charge in [0.2, 0.25) is 5.91 Å². The zero-order valence-corrected chi connectivity index (χ0v) is 11.0. The molecule has 0 radical (unpaired) electrons. The highest BCUT2D eigenvalue weighted by Gasteiger charge is 2.34. The Kier molecular flexibility index (Phi) is 4.33. The molecule has 1 unspecified atom stereocenters. The lowest BCUT2D eigenvalue weighted by Crippen LogP contribution is -2.51. The highest BCUT2D eigenvalue weighted by molar-refractivity contribution is 5.85. The number of likely N-dealkylation sites (tertiary alicyclic amines) is 1. The molecular weight excluding hydrogens is 202 g/mol. The molecule has 0 saturated carbocycles. The van der Waals surface area contributed by atoms with Gasteiger partial charge in [0, 0.05) is 19.1 Å². The molecule has 1 aliphatic heterocycles. The Bertz CT molecular complexity index is 243. The third-order valence-corrected chi connectivity index (χ3v) is 3.33. The molecule has 0 aromatic rings. The van der Waals surface area contributed by atoms with E-state index in [1.165, 1.54) is 0 Å². The number of likely N-dealkylation sites (N-methyl/N-ethyl adjacent to an activating group) is 1. The molecule has 2 N–H and O–H groups in total. The van der Waals surface area contributed by atoms with E-state index in [1.807, 2.05) is 4.90 Å². The van der Waals surface area contributed by atoms with Gasteiger partial charge in [-0.1, -0.05) is 13.8 Å². The first-order valence-corrected chi connectivity index (χ1v) is 6.22. The van der Waals surface area contributed by atoms with Gasteiger partial charge in [-0.3, -0.25) is 9.69 Å². The van der Waals surface area contributed by atoms with Crippen LogP contribution in [0.3, 0.4) is 0 Å². The average molecular weight is 227 g/mol. The molecule has 1 aliphatic rings. The summed E-state index contributed by atoms with van der Waals surface area (Å²) >= 11 is 0. The molecule has 0 aromatic heterocycles. The number of amides is 1. The van der Waals surface area contributed by atoms with Gasteiger partial charge in [0.1, 0.15) is 0 Å². The third kappa shape index (κ3) is 2.95. The zero-order valence-electron chi connectivity index (χ0n) is 11.0. The first-order chi connectivity index (χ1) is 7.40. The van der Waals surface area contributed by atoms with Gasteiger partial charge in [-0.25, -0.2) is 0 Å². The minimum Gasteiger partial charge on any atom is -0.339 e. The first-order valence-electron chi connectivity index (χ1n) is 6.22. The number of nitrogens with zero attached hydrogens (tertiary/aromatic N) is 2. The molecule has 1 saturated heterocycles. The highest BCUT2D eigenvalue weighted by atomic mass is 16.2. The molecule has 0 aromatic carbocycles. The van der Waals surface area contributed by atoms with E-state index in [1.54, 1.807) is 13.8 Å². The van der Waals surface area contributed by atoms with Crippen molar-refractivity contribution >= 4 is 5.91 Å². The minimum atomic E-state index is -0.738. The van der Waals surface area contributed by atoms with Crippen LogP contribution in [0.5, 0.6) is 0 Å². The van der Waals surface area contributed by atoms with Crippen molar-refractivity contribution in [1.82, 2.24) is 9.80 Å². The number of nitrogens with two attached hydrogens (primary N) is 1. The number of rotatable bonds is 4. The summed E-state index contributed by atoms with van der Waals surface area (Å²) in [5.74, 6) is 0.0714. The summed E-state index contributed by atoms with van der Waals surface area (Å²) in [5, 5.41) is 0. The fourth-order valence-corrected chi connectivity index (χ4v) is 2.37. The summed E-state index contributed by atoms with van der Waals surface area (Å²) in [6, 6.07) is 0.515. The molecule has 1 heterocycles. The Morgan fingerprint density at radius 1 is 1.44 bits per heavy atom. The van der Waals surface area contributed by atoms with Crippen molar-refractivity contribution in [3.63, 3.8) is 0 Å². The van der Waals surface area contributed by atoms with E-state index >= 15 is 0 Å².